The summed E-state index contributed by atoms with van der Waals surface area (Å²) in [5.41, 5.74) is 0. The van der Waals surface area contributed by atoms with Crippen molar-refractivity contribution in [1.82, 2.24) is 0 Å². The van der Waals surface area contributed by atoms with E-state index in [1.807, 2.05) is 0 Å². The molecule has 3 heteroatoms. The van der Waals surface area contributed by atoms with Gasteiger partial charge in [-0.2, -0.15) is 0 Å². The predicted octanol–water partition coefficient (Wildman–Crippen LogP) is 5.41. The summed E-state index contributed by atoms with van der Waals surface area (Å²) < 4.78 is 46.3. The van der Waals surface area contributed by atoms with E-state index in [-0.39, 0.29) is 6.42 Å². The number of esters is 1. The van der Waals surface area contributed by atoms with Crippen molar-refractivity contribution >= 4 is 5.97 Å². The van der Waals surface area contributed by atoms with Crippen molar-refractivity contribution in [2.75, 3.05) is 13.1 Å². The average molecular weight is 318 g/mol. The van der Waals surface area contributed by atoms with Crippen LogP contribution in [0.1, 0.15) is 104 Å². The Hall–Kier alpha value is -0.570. The fourth-order valence-electron chi connectivity index (χ4n) is 2.51. The van der Waals surface area contributed by atoms with E-state index in [0.29, 0.717) is 6.42 Å². The van der Waals surface area contributed by atoms with Crippen molar-refractivity contribution in [2.45, 2.75) is 103 Å². The number of epoxide rings is 1. The SMILES string of the molecule is [2H]C([2H])(OC(=O)CCCCCCCCCCCCCCC)C1([2H])OC1([2H])[2H]. The monoisotopic (exact) mass is 317 g/mol. The Bertz CT molecular complexity index is 445. The summed E-state index contributed by atoms with van der Waals surface area (Å²) in [6.45, 7) is -2.98. The molecule has 22 heavy (non-hydrogen) atoms. The quantitative estimate of drug-likeness (QED) is 0.217. The van der Waals surface area contributed by atoms with Crippen LogP contribution in [0.25, 0.3) is 0 Å². The van der Waals surface area contributed by atoms with Crippen molar-refractivity contribution in [3.63, 3.8) is 0 Å². The van der Waals surface area contributed by atoms with E-state index in [4.69, 9.17) is 6.85 Å². The lowest BCUT2D eigenvalue weighted by Gasteiger charge is -2.04. The van der Waals surface area contributed by atoms with Crippen LogP contribution < -0.4 is 0 Å². The number of unbranched alkanes of at least 4 members (excludes halogenated alkanes) is 12. The van der Waals surface area contributed by atoms with Gasteiger partial charge in [0.05, 0.1) is 13.4 Å². The first-order valence-corrected chi connectivity index (χ1v) is 9.08. The van der Waals surface area contributed by atoms with Gasteiger partial charge in [-0.25, -0.2) is 0 Å². The summed E-state index contributed by atoms with van der Waals surface area (Å²) in [4.78, 5) is 11.7. The maximum atomic E-state index is 11.7. The minimum absolute atomic E-state index is 0.0797. The van der Waals surface area contributed by atoms with Crippen molar-refractivity contribution in [3.05, 3.63) is 0 Å². The number of hydrogen-bond acceptors (Lipinski definition) is 3. The molecule has 1 saturated heterocycles. The van der Waals surface area contributed by atoms with Gasteiger partial charge in [-0.1, -0.05) is 84.0 Å². The molecule has 0 N–H and O–H groups in total. The smallest absolute Gasteiger partial charge is 0.305 e. The normalized spacial score (nSPS) is 26.3. The highest BCUT2D eigenvalue weighted by atomic mass is 16.6. The number of carbonyl (C=O) groups excluding carboxylic acids is 1. The largest absolute Gasteiger partial charge is 0.463 e. The third kappa shape index (κ3) is 13.1. The number of hydrogen-bond donors (Lipinski definition) is 0. The Labute approximate surface area is 144 Å². The molecule has 0 saturated carbocycles. The molecule has 0 spiro atoms. The Morgan fingerprint density at radius 2 is 1.50 bits per heavy atom. The molecular weight excluding hydrogens is 276 g/mol. The van der Waals surface area contributed by atoms with Crippen LogP contribution >= 0.6 is 0 Å². The summed E-state index contributed by atoms with van der Waals surface area (Å²) >= 11 is 0. The molecule has 1 heterocycles. The summed E-state index contributed by atoms with van der Waals surface area (Å²) in [7, 11) is 0. The van der Waals surface area contributed by atoms with E-state index in [2.05, 4.69) is 16.4 Å². The second kappa shape index (κ2) is 14.0. The van der Waals surface area contributed by atoms with Crippen molar-refractivity contribution in [1.29, 1.82) is 0 Å². The van der Waals surface area contributed by atoms with Gasteiger partial charge in [0.25, 0.3) is 0 Å². The molecule has 1 unspecified atom stereocenters. The molecule has 0 amide bonds. The molecule has 1 fully saturated rings. The van der Waals surface area contributed by atoms with Gasteiger partial charge in [0.15, 0.2) is 0 Å². The van der Waals surface area contributed by atoms with Gasteiger partial charge in [-0.15, -0.1) is 0 Å². The fourth-order valence-corrected chi connectivity index (χ4v) is 2.51. The summed E-state index contributed by atoms with van der Waals surface area (Å²) in [6.07, 6.45) is 13.2. The van der Waals surface area contributed by atoms with Crippen molar-refractivity contribution in [2.24, 2.45) is 0 Å². The first-order chi connectivity index (χ1) is 12.7. The molecule has 0 aliphatic carbocycles. The maximum Gasteiger partial charge on any atom is 0.305 e. The molecule has 1 atom stereocenters. The minimum Gasteiger partial charge on any atom is -0.463 e. The third-order valence-electron chi connectivity index (χ3n) is 3.95. The van der Waals surface area contributed by atoms with Crippen LogP contribution in [0.2, 0.25) is 0 Å². The zero-order chi connectivity index (χ0) is 20.4. The van der Waals surface area contributed by atoms with Gasteiger partial charge < -0.3 is 9.47 Å². The first kappa shape index (κ1) is 12.8. The second-order valence-electron chi connectivity index (χ2n) is 6.10. The van der Waals surface area contributed by atoms with E-state index in [1.54, 1.807) is 0 Å². The number of rotatable bonds is 16. The molecule has 1 aliphatic heterocycles. The van der Waals surface area contributed by atoms with Crippen molar-refractivity contribution < 1.29 is 21.1 Å². The Balaban J connectivity index is 1.94. The van der Waals surface area contributed by atoms with Gasteiger partial charge in [-0.3, -0.25) is 4.79 Å². The predicted molar refractivity (Wildman–Crippen MR) is 91.0 cm³/mol. The molecule has 0 bridgehead atoms. The number of ether oxygens (including phenoxy) is 2. The molecule has 0 aromatic carbocycles. The summed E-state index contributed by atoms with van der Waals surface area (Å²) in [5.74, 6) is -0.749. The second-order valence-corrected chi connectivity index (χ2v) is 6.10. The number of carbonyl (C=O) groups is 1. The van der Waals surface area contributed by atoms with Crippen LogP contribution in [-0.2, 0) is 14.3 Å². The maximum absolute atomic E-state index is 11.7. The molecule has 130 valence electrons. The van der Waals surface area contributed by atoms with E-state index in [0.717, 1.165) is 19.3 Å². The Morgan fingerprint density at radius 1 is 1.05 bits per heavy atom. The van der Waals surface area contributed by atoms with E-state index in [9.17, 15) is 4.79 Å². The van der Waals surface area contributed by atoms with Gasteiger partial charge in [-0.05, 0) is 6.42 Å². The van der Waals surface area contributed by atoms with Crippen LogP contribution in [0.15, 0.2) is 0 Å². The third-order valence-corrected chi connectivity index (χ3v) is 3.95. The molecule has 3 nitrogen and oxygen atoms in total. The standard InChI is InChI=1S/C19H36O3/c1-2-3-4-5-6-7-8-9-10-11-12-13-14-15-19(20)22-17-18-16-21-18/h18H,2-17H2,1H3/i16D2,17D2,18D. The van der Waals surface area contributed by atoms with Gasteiger partial charge >= 0.3 is 5.97 Å². The highest BCUT2D eigenvalue weighted by Gasteiger charge is 2.23. The van der Waals surface area contributed by atoms with Crippen LogP contribution in [-0.4, -0.2) is 25.2 Å². The summed E-state index contributed by atoms with van der Waals surface area (Å²) in [5, 5.41) is 0. The van der Waals surface area contributed by atoms with Crippen LogP contribution in [0.3, 0.4) is 0 Å². The fraction of sp³-hybridized carbons (Fsp3) is 0.947. The molecule has 1 rings (SSSR count). The van der Waals surface area contributed by atoms with Crippen LogP contribution in [0.4, 0.5) is 0 Å². The molecule has 0 aromatic rings. The average Bonchev–Trinajstić information content (AvgIpc) is 3.12. The minimum atomic E-state index is -2.79. The Morgan fingerprint density at radius 3 is 1.95 bits per heavy atom. The van der Waals surface area contributed by atoms with Crippen molar-refractivity contribution in [3.8, 4) is 0 Å². The lowest BCUT2D eigenvalue weighted by atomic mass is 10.0. The topological polar surface area (TPSA) is 38.8 Å². The lowest BCUT2D eigenvalue weighted by Crippen LogP contribution is -2.09. The molecule has 0 radical (unpaired) electrons. The Kier molecular flexibility index (Phi) is 8.18. The van der Waals surface area contributed by atoms with Crippen LogP contribution in [0.5, 0.6) is 0 Å². The summed E-state index contributed by atoms with van der Waals surface area (Å²) in [6, 6.07) is 0. The van der Waals surface area contributed by atoms with E-state index in [1.165, 1.54) is 57.8 Å². The zero-order valence-corrected chi connectivity index (χ0v) is 14.1. The first-order valence-electron chi connectivity index (χ1n) is 11.6. The molecule has 1 aliphatic rings. The van der Waals surface area contributed by atoms with E-state index < -0.39 is 25.2 Å². The lowest BCUT2D eigenvalue weighted by molar-refractivity contribution is -0.144. The van der Waals surface area contributed by atoms with Crippen LogP contribution in [0, 0.1) is 0 Å². The highest BCUT2D eigenvalue weighted by molar-refractivity contribution is 5.69. The zero-order valence-electron chi connectivity index (χ0n) is 19.1. The molecular formula is C19H36O3. The van der Waals surface area contributed by atoms with Gasteiger partial charge in [0.2, 0.25) is 0 Å². The molecule has 0 aromatic heterocycles. The van der Waals surface area contributed by atoms with Gasteiger partial charge in [0, 0.05) is 6.42 Å². The van der Waals surface area contributed by atoms with E-state index >= 15 is 0 Å². The highest BCUT2D eigenvalue weighted by Crippen LogP contribution is 2.13. The van der Waals surface area contributed by atoms with Gasteiger partial charge in [0.1, 0.15) is 12.6 Å².